The van der Waals surface area contributed by atoms with Gasteiger partial charge in [-0.1, -0.05) is 6.07 Å². The molecule has 0 spiro atoms. The summed E-state index contributed by atoms with van der Waals surface area (Å²) in [6.45, 7) is 6.73. The van der Waals surface area contributed by atoms with Crippen molar-refractivity contribution in [3.63, 3.8) is 0 Å². The van der Waals surface area contributed by atoms with Crippen LogP contribution in [-0.4, -0.2) is 39.0 Å². The summed E-state index contributed by atoms with van der Waals surface area (Å²) in [6, 6.07) is 5.32. The number of amides is 1. The molecule has 1 aliphatic heterocycles. The Morgan fingerprint density at radius 1 is 1.25 bits per heavy atom. The zero-order valence-electron chi connectivity index (χ0n) is 14.4. The van der Waals surface area contributed by atoms with Crippen LogP contribution in [0, 0.1) is 5.92 Å². The van der Waals surface area contributed by atoms with E-state index in [2.05, 4.69) is 5.32 Å². The lowest BCUT2D eigenvalue weighted by atomic mass is 10.0. The highest BCUT2D eigenvalue weighted by Crippen LogP contribution is 2.31. The van der Waals surface area contributed by atoms with Crippen LogP contribution in [0.3, 0.4) is 0 Å². The van der Waals surface area contributed by atoms with Crippen molar-refractivity contribution in [2.45, 2.75) is 33.2 Å². The largest absolute Gasteiger partial charge is 0.490 e. The summed E-state index contributed by atoms with van der Waals surface area (Å²) in [7, 11) is -3.06. The summed E-state index contributed by atoms with van der Waals surface area (Å²) in [5.41, 5.74) is 0.885. The van der Waals surface area contributed by atoms with Crippen LogP contribution in [0.5, 0.6) is 11.5 Å². The quantitative estimate of drug-likeness (QED) is 0.810. The molecule has 1 N–H and O–H groups in total. The lowest BCUT2D eigenvalue weighted by Gasteiger charge is -2.19. The van der Waals surface area contributed by atoms with Crippen molar-refractivity contribution < 1.29 is 22.7 Å². The first-order valence-electron chi connectivity index (χ1n) is 8.26. The lowest BCUT2D eigenvalue weighted by Crippen LogP contribution is -2.33. The van der Waals surface area contributed by atoms with Gasteiger partial charge in [0.15, 0.2) is 21.3 Å². The van der Waals surface area contributed by atoms with E-state index >= 15 is 0 Å². The average Bonchev–Trinajstić information content (AvgIpc) is 2.89. The van der Waals surface area contributed by atoms with E-state index in [1.165, 1.54) is 0 Å². The number of carbonyl (C=O) groups excluding carboxylic acids is 1. The molecule has 24 heavy (non-hydrogen) atoms. The van der Waals surface area contributed by atoms with Crippen LogP contribution in [0.15, 0.2) is 18.2 Å². The molecule has 0 unspecified atom stereocenters. The molecule has 1 fully saturated rings. The van der Waals surface area contributed by atoms with E-state index in [-0.39, 0.29) is 23.5 Å². The Kier molecular flexibility index (Phi) is 6.10. The monoisotopic (exact) mass is 355 g/mol. The molecular formula is C17H25NO5S. The maximum atomic E-state index is 12.3. The third kappa shape index (κ3) is 4.63. The smallest absolute Gasteiger partial charge is 0.224 e. The first-order chi connectivity index (χ1) is 11.4. The minimum absolute atomic E-state index is 0.0565. The molecule has 6 nitrogen and oxygen atoms in total. The van der Waals surface area contributed by atoms with E-state index in [0.717, 1.165) is 5.56 Å². The van der Waals surface area contributed by atoms with E-state index in [1.54, 1.807) is 0 Å². The van der Waals surface area contributed by atoms with Crippen LogP contribution in [-0.2, 0) is 14.6 Å². The summed E-state index contributed by atoms with van der Waals surface area (Å²) in [5.74, 6) is 0.683. The van der Waals surface area contributed by atoms with E-state index in [1.807, 2.05) is 39.0 Å². The molecule has 7 heteroatoms. The number of benzene rings is 1. The van der Waals surface area contributed by atoms with Crippen LogP contribution < -0.4 is 14.8 Å². The molecule has 1 amide bonds. The number of carbonyl (C=O) groups is 1. The molecule has 0 radical (unpaired) electrons. The predicted molar refractivity (Wildman–Crippen MR) is 92.1 cm³/mol. The van der Waals surface area contributed by atoms with Crippen LogP contribution in [0.2, 0.25) is 0 Å². The molecule has 1 heterocycles. The molecule has 1 aromatic rings. The van der Waals surface area contributed by atoms with Gasteiger partial charge in [0, 0.05) is 0 Å². The van der Waals surface area contributed by atoms with Gasteiger partial charge >= 0.3 is 0 Å². The van der Waals surface area contributed by atoms with Crippen molar-refractivity contribution in [3.8, 4) is 11.5 Å². The normalized spacial score (nSPS) is 20.4. The van der Waals surface area contributed by atoms with Crippen LogP contribution in [0.1, 0.15) is 38.8 Å². The molecule has 1 aliphatic rings. The second kappa shape index (κ2) is 7.88. The number of hydrogen-bond acceptors (Lipinski definition) is 5. The Morgan fingerprint density at radius 3 is 2.50 bits per heavy atom. The van der Waals surface area contributed by atoms with E-state index in [9.17, 15) is 13.2 Å². The Hall–Kier alpha value is -1.76. The van der Waals surface area contributed by atoms with E-state index < -0.39 is 15.8 Å². The van der Waals surface area contributed by atoms with Gasteiger partial charge in [0.2, 0.25) is 5.91 Å². The zero-order valence-corrected chi connectivity index (χ0v) is 15.2. The summed E-state index contributed by atoms with van der Waals surface area (Å²) in [6.07, 6.45) is 0.397. The lowest BCUT2D eigenvalue weighted by molar-refractivity contribution is -0.124. The van der Waals surface area contributed by atoms with E-state index in [0.29, 0.717) is 31.1 Å². The summed E-state index contributed by atoms with van der Waals surface area (Å²) in [4.78, 5) is 12.3. The average molecular weight is 355 g/mol. The highest BCUT2D eigenvalue weighted by molar-refractivity contribution is 7.91. The minimum atomic E-state index is -3.06. The van der Waals surface area contributed by atoms with Gasteiger partial charge in [0.05, 0.1) is 36.7 Å². The molecule has 2 rings (SSSR count). The molecule has 1 saturated heterocycles. The third-order valence-electron chi connectivity index (χ3n) is 4.03. The van der Waals surface area contributed by atoms with Gasteiger partial charge in [-0.3, -0.25) is 4.79 Å². The van der Waals surface area contributed by atoms with Gasteiger partial charge in [0.25, 0.3) is 0 Å². The maximum absolute atomic E-state index is 12.3. The molecular weight excluding hydrogens is 330 g/mol. The van der Waals surface area contributed by atoms with Gasteiger partial charge in [-0.25, -0.2) is 8.42 Å². The molecule has 0 aromatic heterocycles. The Morgan fingerprint density at radius 2 is 1.92 bits per heavy atom. The third-order valence-corrected chi connectivity index (χ3v) is 5.80. The Bertz CT molecular complexity index is 686. The second-order valence-corrected chi connectivity index (χ2v) is 8.13. The molecule has 0 bridgehead atoms. The van der Waals surface area contributed by atoms with Crippen LogP contribution in [0.4, 0.5) is 0 Å². The standard InChI is InChI=1S/C17H25NO5S/c1-4-22-15-7-6-13(10-16(15)23-5-2)12(3)18-17(19)14-8-9-24(20,21)11-14/h6-7,10,12,14H,4-5,8-9,11H2,1-3H3,(H,18,19)/t12-,14-/m1/s1. The minimum Gasteiger partial charge on any atom is -0.490 e. The van der Waals surface area contributed by atoms with Crippen molar-refractivity contribution in [1.82, 2.24) is 5.32 Å². The molecule has 1 aromatic carbocycles. The van der Waals surface area contributed by atoms with Crippen LogP contribution >= 0.6 is 0 Å². The maximum Gasteiger partial charge on any atom is 0.224 e. The first kappa shape index (κ1) is 18.6. The number of ether oxygens (including phenoxy) is 2. The highest BCUT2D eigenvalue weighted by atomic mass is 32.2. The number of nitrogens with one attached hydrogen (secondary N) is 1. The zero-order chi connectivity index (χ0) is 17.7. The topological polar surface area (TPSA) is 81.7 Å². The summed E-state index contributed by atoms with van der Waals surface area (Å²) >= 11 is 0. The molecule has 0 aliphatic carbocycles. The Labute approximate surface area is 143 Å². The van der Waals surface area contributed by atoms with Gasteiger partial charge in [-0.05, 0) is 44.9 Å². The SMILES string of the molecule is CCOc1ccc([C@@H](C)NC(=O)[C@@H]2CCS(=O)(=O)C2)cc1OCC. The van der Waals surface area contributed by atoms with Gasteiger partial charge in [0.1, 0.15) is 0 Å². The van der Waals surface area contributed by atoms with Crippen molar-refractivity contribution >= 4 is 15.7 Å². The van der Waals surface area contributed by atoms with Crippen molar-refractivity contribution in [1.29, 1.82) is 0 Å². The molecule has 0 saturated carbocycles. The summed E-state index contributed by atoms with van der Waals surface area (Å²) < 4.78 is 34.1. The Balaban J connectivity index is 2.07. The molecule has 134 valence electrons. The predicted octanol–water partition coefficient (Wildman–Crippen LogP) is 2.10. The molecule has 2 atom stereocenters. The fraction of sp³-hybridized carbons (Fsp3) is 0.588. The van der Waals surface area contributed by atoms with E-state index in [4.69, 9.17) is 9.47 Å². The number of hydrogen-bond donors (Lipinski definition) is 1. The van der Waals surface area contributed by atoms with Crippen molar-refractivity contribution in [3.05, 3.63) is 23.8 Å². The number of sulfone groups is 1. The highest BCUT2D eigenvalue weighted by Gasteiger charge is 2.33. The van der Waals surface area contributed by atoms with Crippen LogP contribution in [0.25, 0.3) is 0 Å². The summed E-state index contributed by atoms with van der Waals surface area (Å²) in [5, 5.41) is 2.90. The van der Waals surface area contributed by atoms with Crippen molar-refractivity contribution in [2.24, 2.45) is 5.92 Å². The fourth-order valence-electron chi connectivity index (χ4n) is 2.75. The van der Waals surface area contributed by atoms with Gasteiger partial charge in [-0.15, -0.1) is 0 Å². The fourth-order valence-corrected chi connectivity index (χ4v) is 4.49. The van der Waals surface area contributed by atoms with Gasteiger partial charge in [-0.2, -0.15) is 0 Å². The second-order valence-electron chi connectivity index (χ2n) is 5.90. The first-order valence-corrected chi connectivity index (χ1v) is 10.1. The number of rotatable bonds is 7. The van der Waals surface area contributed by atoms with Crippen molar-refractivity contribution in [2.75, 3.05) is 24.7 Å². The van der Waals surface area contributed by atoms with Gasteiger partial charge < -0.3 is 14.8 Å².